The van der Waals surface area contributed by atoms with E-state index in [-0.39, 0.29) is 29.0 Å². The minimum absolute atomic E-state index is 0.0116. The maximum absolute atomic E-state index is 14.6. The Hall–Kier alpha value is -3.31. The average Bonchev–Trinajstić information content (AvgIpc) is 3.56. The molecule has 1 unspecified atom stereocenters. The van der Waals surface area contributed by atoms with Crippen molar-refractivity contribution >= 4 is 32.8 Å². The second-order valence-corrected chi connectivity index (χ2v) is 11.6. The van der Waals surface area contributed by atoms with Crippen LogP contribution in [0.5, 0.6) is 5.75 Å². The van der Waals surface area contributed by atoms with E-state index in [1.54, 1.807) is 10.9 Å². The van der Waals surface area contributed by atoms with Crippen LogP contribution in [0.3, 0.4) is 0 Å². The number of aromatic nitrogens is 3. The first-order chi connectivity index (χ1) is 19.2. The summed E-state index contributed by atoms with van der Waals surface area (Å²) in [7, 11) is 1.29. The zero-order chi connectivity index (χ0) is 28.2. The summed E-state index contributed by atoms with van der Waals surface area (Å²) in [5.74, 6) is -1.97. The van der Waals surface area contributed by atoms with Crippen LogP contribution in [0.4, 0.5) is 8.78 Å². The van der Waals surface area contributed by atoms with Crippen molar-refractivity contribution in [1.29, 1.82) is 0 Å². The molecule has 4 aromatic rings. The zero-order valence-electron chi connectivity index (χ0n) is 22.5. The highest BCUT2D eigenvalue weighted by atomic mass is 79.9. The first-order valence-electron chi connectivity index (χ1n) is 13.3. The second kappa shape index (κ2) is 10.3. The van der Waals surface area contributed by atoms with Gasteiger partial charge in [0.25, 0.3) is 5.91 Å². The molecule has 1 spiro atoms. The van der Waals surface area contributed by atoms with E-state index in [4.69, 9.17) is 13.9 Å². The van der Waals surface area contributed by atoms with Gasteiger partial charge in [-0.15, -0.1) is 5.10 Å². The molecule has 2 aromatic heterocycles. The maximum atomic E-state index is 14.6. The molecule has 2 aliphatic rings. The number of nitrogens with zero attached hydrogens (tertiary/aromatic N) is 4. The molecule has 1 atom stereocenters. The van der Waals surface area contributed by atoms with Gasteiger partial charge in [0, 0.05) is 40.7 Å². The molecule has 40 heavy (non-hydrogen) atoms. The zero-order valence-corrected chi connectivity index (χ0v) is 24.1. The summed E-state index contributed by atoms with van der Waals surface area (Å²) in [4.78, 5) is 15.3. The third-order valence-electron chi connectivity index (χ3n) is 8.24. The van der Waals surface area contributed by atoms with Crippen LogP contribution in [0, 0.1) is 25.5 Å². The summed E-state index contributed by atoms with van der Waals surface area (Å²) >= 11 is 3.53. The molecule has 0 radical (unpaired) electrons. The molecule has 0 N–H and O–H groups in total. The summed E-state index contributed by atoms with van der Waals surface area (Å²) in [6.07, 6.45) is 4.42. The third-order valence-corrected chi connectivity index (χ3v) is 8.70. The fourth-order valence-corrected chi connectivity index (χ4v) is 6.52. The van der Waals surface area contributed by atoms with Crippen molar-refractivity contribution in [3.63, 3.8) is 0 Å². The molecular formula is C29H29BrF2N4O4. The molecule has 8 nitrogen and oxygen atoms in total. The largest absolute Gasteiger partial charge is 0.494 e. The van der Waals surface area contributed by atoms with Crippen LogP contribution in [-0.2, 0) is 4.74 Å². The highest BCUT2D eigenvalue weighted by Crippen LogP contribution is 2.41. The van der Waals surface area contributed by atoms with Gasteiger partial charge >= 0.3 is 0 Å². The van der Waals surface area contributed by atoms with Crippen LogP contribution in [0.15, 0.2) is 39.4 Å². The number of aryl methyl sites for hydroxylation is 2. The molecule has 2 fully saturated rings. The van der Waals surface area contributed by atoms with E-state index in [1.165, 1.54) is 19.2 Å². The molecule has 2 saturated heterocycles. The van der Waals surface area contributed by atoms with E-state index < -0.39 is 17.2 Å². The number of likely N-dealkylation sites (tertiary alicyclic amines) is 1. The number of benzene rings is 2. The Kier molecular flexibility index (Phi) is 6.90. The molecule has 6 rings (SSSR count). The summed E-state index contributed by atoms with van der Waals surface area (Å²) in [5, 5.41) is 9.30. The fourth-order valence-electron chi connectivity index (χ4n) is 5.95. The Morgan fingerprint density at radius 1 is 1.18 bits per heavy atom. The van der Waals surface area contributed by atoms with E-state index in [9.17, 15) is 13.6 Å². The molecule has 4 heterocycles. The lowest BCUT2D eigenvalue weighted by Gasteiger charge is -2.46. The number of hydrogen-bond acceptors (Lipinski definition) is 6. The van der Waals surface area contributed by atoms with Crippen molar-refractivity contribution in [1.82, 2.24) is 19.9 Å². The number of hydrogen-bond donors (Lipinski definition) is 0. The molecule has 0 bridgehead atoms. The molecule has 11 heteroatoms. The number of furan rings is 1. The molecule has 2 aliphatic heterocycles. The maximum Gasteiger partial charge on any atom is 0.289 e. The van der Waals surface area contributed by atoms with E-state index in [0.29, 0.717) is 44.7 Å². The van der Waals surface area contributed by atoms with Crippen molar-refractivity contribution in [2.24, 2.45) is 0 Å². The Balaban J connectivity index is 1.15. The van der Waals surface area contributed by atoms with Crippen LogP contribution < -0.4 is 4.74 Å². The van der Waals surface area contributed by atoms with Gasteiger partial charge < -0.3 is 18.8 Å². The number of halogens is 3. The van der Waals surface area contributed by atoms with E-state index in [1.807, 2.05) is 30.9 Å². The quantitative estimate of drug-likeness (QED) is 0.265. The molecule has 0 saturated carbocycles. The molecule has 2 aromatic carbocycles. The normalized spacial score (nSPS) is 18.9. The van der Waals surface area contributed by atoms with Gasteiger partial charge in [-0.3, -0.25) is 4.79 Å². The standard InChI is InChI=1S/C29H29BrF2N4O4/c1-16-12-18(30)13-21-17(2)27(40-26(16)21)28(37)35-9-7-29(8-10-35)14-19(6-11-39-29)36-15-22(33-34-36)20-4-5-23(38-3)25(32)24(20)31/h4-5,12-13,15,19H,6-11,14H2,1-3H3. The lowest BCUT2D eigenvalue weighted by Crippen LogP contribution is -2.51. The number of carbonyl (C=O) groups is 1. The van der Waals surface area contributed by atoms with Crippen molar-refractivity contribution in [3.05, 3.63) is 63.5 Å². The summed E-state index contributed by atoms with van der Waals surface area (Å²) in [6, 6.07) is 6.76. The van der Waals surface area contributed by atoms with Crippen molar-refractivity contribution < 1.29 is 27.5 Å². The number of amides is 1. The van der Waals surface area contributed by atoms with Crippen molar-refractivity contribution in [3.8, 4) is 17.0 Å². The number of ether oxygens (including phenoxy) is 2. The predicted octanol–water partition coefficient (Wildman–Crippen LogP) is 6.38. The number of rotatable bonds is 4. The van der Waals surface area contributed by atoms with Crippen molar-refractivity contribution in [2.75, 3.05) is 26.8 Å². The van der Waals surface area contributed by atoms with E-state index >= 15 is 0 Å². The first kappa shape index (κ1) is 26.9. The minimum atomic E-state index is -1.05. The Labute approximate surface area is 238 Å². The topological polar surface area (TPSA) is 82.6 Å². The van der Waals surface area contributed by atoms with Gasteiger partial charge in [0.2, 0.25) is 5.82 Å². The highest BCUT2D eigenvalue weighted by Gasteiger charge is 2.42. The lowest BCUT2D eigenvalue weighted by atomic mass is 9.82. The van der Waals surface area contributed by atoms with Crippen molar-refractivity contribution in [2.45, 2.75) is 51.2 Å². The number of fused-ring (bicyclic) bond motifs is 1. The fraction of sp³-hybridized carbons (Fsp3) is 0.414. The van der Waals surface area contributed by atoms with Gasteiger partial charge in [-0.05, 0) is 69.4 Å². The minimum Gasteiger partial charge on any atom is -0.494 e. The number of methoxy groups -OCH3 is 1. The Morgan fingerprint density at radius 2 is 1.95 bits per heavy atom. The lowest BCUT2D eigenvalue weighted by molar-refractivity contribution is -0.122. The SMILES string of the molecule is COc1ccc(-c2cn(C3CCOC4(CCN(C(=O)c5oc6c(C)cc(Br)cc6c5C)CC4)C3)nn2)c(F)c1F. The Bertz CT molecular complexity index is 1610. The number of carbonyl (C=O) groups excluding carboxylic acids is 1. The smallest absolute Gasteiger partial charge is 0.289 e. The van der Waals surface area contributed by atoms with Gasteiger partial charge in [0.15, 0.2) is 17.3 Å². The van der Waals surface area contributed by atoms with Crippen LogP contribution in [-0.4, -0.2) is 58.2 Å². The van der Waals surface area contributed by atoms with Crippen LogP contribution in [0.1, 0.15) is 53.4 Å². The number of piperidine rings is 1. The molecule has 210 valence electrons. The van der Waals surface area contributed by atoms with Gasteiger partial charge in [-0.2, -0.15) is 4.39 Å². The third kappa shape index (κ3) is 4.58. The second-order valence-electron chi connectivity index (χ2n) is 10.7. The van der Waals surface area contributed by atoms with Crippen LogP contribution >= 0.6 is 15.9 Å². The highest BCUT2D eigenvalue weighted by molar-refractivity contribution is 9.10. The van der Waals surface area contributed by atoms with E-state index in [0.717, 1.165) is 33.0 Å². The van der Waals surface area contributed by atoms with E-state index in [2.05, 4.69) is 26.2 Å². The Morgan fingerprint density at radius 3 is 2.70 bits per heavy atom. The monoisotopic (exact) mass is 614 g/mol. The van der Waals surface area contributed by atoms with Crippen LogP contribution in [0.2, 0.25) is 0 Å². The van der Waals surface area contributed by atoms with Crippen LogP contribution in [0.25, 0.3) is 22.2 Å². The predicted molar refractivity (Wildman–Crippen MR) is 147 cm³/mol. The van der Waals surface area contributed by atoms with Gasteiger partial charge in [-0.1, -0.05) is 21.1 Å². The van der Waals surface area contributed by atoms with Gasteiger partial charge in [0.1, 0.15) is 11.3 Å². The summed E-state index contributed by atoms with van der Waals surface area (Å²) < 4.78 is 48.7. The molecule has 0 aliphatic carbocycles. The average molecular weight is 615 g/mol. The molecule has 1 amide bonds. The molecular weight excluding hydrogens is 586 g/mol. The van der Waals surface area contributed by atoms with Gasteiger partial charge in [0.05, 0.1) is 24.9 Å². The first-order valence-corrected chi connectivity index (χ1v) is 14.1. The summed E-state index contributed by atoms with van der Waals surface area (Å²) in [6.45, 7) is 5.52. The van der Waals surface area contributed by atoms with Gasteiger partial charge in [-0.25, -0.2) is 9.07 Å². The summed E-state index contributed by atoms with van der Waals surface area (Å²) in [5.41, 5.74) is 2.44.